The van der Waals surface area contributed by atoms with Crippen LogP contribution in [0.15, 0.2) is 0 Å². The van der Waals surface area contributed by atoms with Crippen molar-refractivity contribution in [2.24, 2.45) is 0 Å². The predicted molar refractivity (Wildman–Crippen MR) is 64.1 cm³/mol. The maximum Gasteiger partial charge on any atom is 0.117 e. The Labute approximate surface area is 85.4 Å². The number of quaternary nitrogens is 1. The fourth-order valence-corrected chi connectivity index (χ4v) is 1.21. The molecule has 0 amide bonds. The van der Waals surface area contributed by atoms with Crippen molar-refractivity contribution >= 4 is 8.41 Å². The summed E-state index contributed by atoms with van der Waals surface area (Å²) in [5.74, 6) is 0. The van der Waals surface area contributed by atoms with Crippen LogP contribution in [0.5, 0.6) is 0 Å². The first-order valence-electron chi connectivity index (χ1n) is 4.99. The molecule has 13 heavy (non-hydrogen) atoms. The molecule has 0 radical (unpaired) electrons. The van der Waals surface area contributed by atoms with Gasteiger partial charge in [-0.25, -0.2) is 4.84 Å². The SMILES string of the molecule is CCCCC(CC)O[N+](C)(C)C.[BH4-]. The van der Waals surface area contributed by atoms with Crippen LogP contribution in [0.4, 0.5) is 0 Å². The molecule has 0 bridgehead atoms. The van der Waals surface area contributed by atoms with Crippen molar-refractivity contribution in [1.29, 1.82) is 0 Å². The van der Waals surface area contributed by atoms with Crippen molar-refractivity contribution in [1.82, 2.24) is 0 Å². The van der Waals surface area contributed by atoms with E-state index in [9.17, 15) is 0 Å². The lowest BCUT2D eigenvalue weighted by molar-refractivity contribution is -1.07. The molecule has 0 aromatic rings. The van der Waals surface area contributed by atoms with Gasteiger partial charge in [-0.15, -0.1) is 0 Å². The molecule has 0 spiro atoms. The molecule has 3 heteroatoms. The summed E-state index contributed by atoms with van der Waals surface area (Å²) >= 11 is 0. The number of nitrogens with zero attached hydrogens (tertiary/aromatic N) is 1. The van der Waals surface area contributed by atoms with E-state index in [-0.39, 0.29) is 8.41 Å². The van der Waals surface area contributed by atoms with Crippen LogP contribution in [0.2, 0.25) is 0 Å². The molecule has 0 rings (SSSR count). The maximum atomic E-state index is 5.83. The summed E-state index contributed by atoms with van der Waals surface area (Å²) in [5, 5.41) is 0. The molecule has 0 fully saturated rings. The van der Waals surface area contributed by atoms with Gasteiger partial charge in [0.1, 0.15) is 6.10 Å². The van der Waals surface area contributed by atoms with Gasteiger partial charge >= 0.3 is 0 Å². The second kappa shape index (κ2) is 7.39. The second-order valence-corrected chi connectivity index (χ2v) is 4.17. The molecule has 2 nitrogen and oxygen atoms in total. The van der Waals surface area contributed by atoms with Crippen molar-refractivity contribution in [2.75, 3.05) is 21.1 Å². The molecule has 1 unspecified atom stereocenters. The van der Waals surface area contributed by atoms with E-state index in [4.69, 9.17) is 4.84 Å². The number of unbranched alkanes of at least 4 members (excludes halogenated alkanes) is 1. The van der Waals surface area contributed by atoms with E-state index in [0.29, 0.717) is 10.8 Å². The highest BCUT2D eigenvalue weighted by Gasteiger charge is 2.16. The van der Waals surface area contributed by atoms with Gasteiger partial charge in [0.15, 0.2) is 0 Å². The highest BCUT2D eigenvalue weighted by atomic mass is 16.7. The standard InChI is InChI=1S/C10H24NO.BH4/c1-6-8-9-10(7-2)12-11(3,4)5;/h10H,6-9H2,1-5H3;1H4/q+1;-1. The fourth-order valence-electron chi connectivity index (χ4n) is 1.21. The van der Waals surface area contributed by atoms with Crippen molar-refractivity contribution in [3.8, 4) is 0 Å². The zero-order valence-electron chi connectivity index (χ0n) is 9.26. The summed E-state index contributed by atoms with van der Waals surface area (Å²) < 4.78 is 0.613. The van der Waals surface area contributed by atoms with Gasteiger partial charge in [0.25, 0.3) is 0 Å². The van der Waals surface area contributed by atoms with Crippen molar-refractivity contribution in [3.63, 3.8) is 0 Å². The lowest BCUT2D eigenvalue weighted by Gasteiger charge is -2.26. The van der Waals surface area contributed by atoms with E-state index in [2.05, 4.69) is 35.0 Å². The molecule has 0 aromatic heterocycles. The molecule has 0 aliphatic carbocycles. The number of hydroxylamine groups is 3. The first-order chi connectivity index (χ1) is 5.49. The summed E-state index contributed by atoms with van der Waals surface area (Å²) in [7, 11) is 6.19. The molecule has 0 aliphatic rings. The normalized spacial score (nSPS) is 13.6. The largest absolute Gasteiger partial charge is 0.200 e. The van der Waals surface area contributed by atoms with Crippen LogP contribution in [0, 0.1) is 0 Å². The second-order valence-electron chi connectivity index (χ2n) is 4.17. The highest BCUT2D eigenvalue weighted by Crippen LogP contribution is 2.11. The van der Waals surface area contributed by atoms with E-state index in [1.54, 1.807) is 0 Å². The van der Waals surface area contributed by atoms with E-state index >= 15 is 0 Å². The highest BCUT2D eigenvalue weighted by molar-refractivity contribution is 5.75. The molecule has 0 saturated carbocycles. The van der Waals surface area contributed by atoms with E-state index in [1.807, 2.05) is 0 Å². The van der Waals surface area contributed by atoms with E-state index in [1.165, 1.54) is 19.3 Å². The molecular weight excluding hydrogens is 161 g/mol. The number of rotatable bonds is 6. The first-order valence-corrected chi connectivity index (χ1v) is 4.99. The Morgan fingerprint density at radius 3 is 2.00 bits per heavy atom. The predicted octanol–water partition coefficient (Wildman–Crippen LogP) is 1.14. The van der Waals surface area contributed by atoms with Crippen LogP contribution in [-0.4, -0.2) is 40.3 Å². The fraction of sp³-hybridized carbons (Fsp3) is 1.00. The minimum absolute atomic E-state index is 0. The molecule has 0 aromatic carbocycles. The molecule has 0 heterocycles. The average Bonchev–Trinajstić information content (AvgIpc) is 1.95. The van der Waals surface area contributed by atoms with Gasteiger partial charge in [-0.3, -0.25) is 0 Å². The van der Waals surface area contributed by atoms with Gasteiger partial charge in [0, 0.05) is 0 Å². The maximum absolute atomic E-state index is 5.83. The Morgan fingerprint density at radius 2 is 1.69 bits per heavy atom. The molecule has 0 N–H and O–H groups in total. The Hall–Kier alpha value is -0.0151. The summed E-state index contributed by atoms with van der Waals surface area (Å²) in [6, 6.07) is 0. The molecule has 1 atom stereocenters. The van der Waals surface area contributed by atoms with E-state index < -0.39 is 0 Å². The minimum atomic E-state index is 0. The number of hydrogen-bond donors (Lipinski definition) is 0. The first kappa shape index (κ1) is 15.5. The van der Waals surface area contributed by atoms with Crippen LogP contribution >= 0.6 is 0 Å². The topological polar surface area (TPSA) is 9.23 Å². The van der Waals surface area contributed by atoms with Crippen LogP contribution in [-0.2, 0) is 4.84 Å². The molecule has 0 saturated heterocycles. The molecule has 82 valence electrons. The smallest absolute Gasteiger partial charge is 0.117 e. The lowest BCUT2D eigenvalue weighted by Crippen LogP contribution is -2.38. The summed E-state index contributed by atoms with van der Waals surface area (Å²) in [5.41, 5.74) is 0. The molecular formula is C10H28BNO. The van der Waals surface area contributed by atoms with Gasteiger partial charge in [-0.05, 0) is 12.8 Å². The van der Waals surface area contributed by atoms with Crippen molar-refractivity contribution in [2.45, 2.75) is 45.6 Å². The van der Waals surface area contributed by atoms with Crippen molar-refractivity contribution < 1.29 is 9.48 Å². The van der Waals surface area contributed by atoms with Crippen LogP contribution in [0.3, 0.4) is 0 Å². The van der Waals surface area contributed by atoms with Gasteiger partial charge < -0.3 is 0 Å². The van der Waals surface area contributed by atoms with Crippen LogP contribution in [0.25, 0.3) is 0 Å². The Kier molecular flexibility index (Phi) is 8.79. The third kappa shape index (κ3) is 9.90. The van der Waals surface area contributed by atoms with Gasteiger partial charge in [-0.2, -0.15) is 4.65 Å². The third-order valence-electron chi connectivity index (χ3n) is 1.80. The Morgan fingerprint density at radius 1 is 1.15 bits per heavy atom. The summed E-state index contributed by atoms with van der Waals surface area (Å²) in [4.78, 5) is 5.83. The monoisotopic (exact) mass is 189 g/mol. The van der Waals surface area contributed by atoms with Crippen molar-refractivity contribution in [3.05, 3.63) is 0 Å². The average molecular weight is 189 g/mol. The van der Waals surface area contributed by atoms with Gasteiger partial charge in [0.2, 0.25) is 0 Å². The summed E-state index contributed by atoms with van der Waals surface area (Å²) in [6.07, 6.45) is 5.29. The lowest BCUT2D eigenvalue weighted by atomic mass is 10.1. The van der Waals surface area contributed by atoms with Gasteiger partial charge in [0.05, 0.1) is 21.1 Å². The zero-order chi connectivity index (χ0) is 9.61. The van der Waals surface area contributed by atoms with E-state index in [0.717, 1.165) is 6.42 Å². The Balaban J connectivity index is 0. The summed E-state index contributed by atoms with van der Waals surface area (Å²) in [6.45, 7) is 4.41. The minimum Gasteiger partial charge on any atom is -0.200 e. The number of hydrogen-bond acceptors (Lipinski definition) is 1. The zero-order valence-corrected chi connectivity index (χ0v) is 9.26. The molecule has 0 aliphatic heterocycles. The quantitative estimate of drug-likeness (QED) is 0.346. The van der Waals surface area contributed by atoms with Crippen LogP contribution < -0.4 is 0 Å². The van der Waals surface area contributed by atoms with Crippen LogP contribution in [0.1, 0.15) is 39.5 Å². The Bertz CT molecular complexity index is 112. The third-order valence-corrected chi connectivity index (χ3v) is 1.80. The van der Waals surface area contributed by atoms with Gasteiger partial charge in [-0.1, -0.05) is 35.1 Å².